The van der Waals surface area contributed by atoms with Gasteiger partial charge in [0.15, 0.2) is 0 Å². The molecule has 1 heterocycles. The third-order valence-electron chi connectivity index (χ3n) is 2.95. The van der Waals surface area contributed by atoms with E-state index in [9.17, 15) is 0 Å². The third kappa shape index (κ3) is 2.76. The minimum absolute atomic E-state index is 0.551. The van der Waals surface area contributed by atoms with Crippen LogP contribution in [0.4, 0.5) is 0 Å². The van der Waals surface area contributed by atoms with Crippen molar-refractivity contribution in [1.82, 2.24) is 9.78 Å². The molecule has 18 heavy (non-hydrogen) atoms. The lowest BCUT2D eigenvalue weighted by atomic mass is 10.2. The zero-order valence-electron chi connectivity index (χ0n) is 11.1. The first-order valence-corrected chi connectivity index (χ1v) is 7.01. The Morgan fingerprint density at radius 1 is 1.33 bits per heavy atom. The smallest absolute Gasteiger partial charge is 0.0987 e. The maximum absolute atomic E-state index is 5.79. The molecule has 0 saturated carbocycles. The highest BCUT2D eigenvalue weighted by molar-refractivity contribution is 7.98. The molecule has 0 bridgehead atoms. The van der Waals surface area contributed by atoms with E-state index in [1.165, 1.54) is 16.2 Å². The monoisotopic (exact) mass is 261 g/mol. The summed E-state index contributed by atoms with van der Waals surface area (Å²) in [5.74, 6) is 0.952. The van der Waals surface area contributed by atoms with E-state index in [0.717, 1.165) is 17.0 Å². The second-order valence-corrected chi connectivity index (χ2v) is 5.44. The molecule has 3 nitrogen and oxygen atoms in total. The van der Waals surface area contributed by atoms with E-state index in [2.05, 4.69) is 36.3 Å². The summed E-state index contributed by atoms with van der Waals surface area (Å²) in [6.45, 7) is 4.68. The van der Waals surface area contributed by atoms with Gasteiger partial charge in [-0.15, -0.1) is 11.8 Å². The van der Waals surface area contributed by atoms with Crippen LogP contribution in [0.15, 0.2) is 29.3 Å². The van der Waals surface area contributed by atoms with Crippen molar-refractivity contribution >= 4 is 11.8 Å². The van der Waals surface area contributed by atoms with Crippen molar-refractivity contribution in [2.75, 3.05) is 0 Å². The van der Waals surface area contributed by atoms with Gasteiger partial charge in [-0.05, 0) is 19.4 Å². The Morgan fingerprint density at radius 2 is 2.11 bits per heavy atom. The highest BCUT2D eigenvalue weighted by atomic mass is 32.2. The van der Waals surface area contributed by atoms with Crippen molar-refractivity contribution in [2.24, 2.45) is 12.8 Å². The summed E-state index contributed by atoms with van der Waals surface area (Å²) in [6.07, 6.45) is 0. The molecule has 96 valence electrons. The van der Waals surface area contributed by atoms with E-state index >= 15 is 0 Å². The predicted octanol–water partition coefficient (Wildman–Crippen LogP) is 2.79. The van der Waals surface area contributed by atoms with Crippen molar-refractivity contribution in [3.63, 3.8) is 0 Å². The molecule has 0 aliphatic rings. The van der Waals surface area contributed by atoms with Crippen LogP contribution in [0.2, 0.25) is 0 Å². The van der Waals surface area contributed by atoms with Crippen LogP contribution in [-0.2, 0) is 19.3 Å². The molecule has 0 spiro atoms. The minimum Gasteiger partial charge on any atom is -0.326 e. The van der Waals surface area contributed by atoms with E-state index in [1.807, 2.05) is 18.7 Å². The van der Waals surface area contributed by atoms with E-state index in [-0.39, 0.29) is 0 Å². The fraction of sp³-hybridized carbons (Fsp3) is 0.357. The Bertz CT molecular complexity index is 546. The van der Waals surface area contributed by atoms with Crippen molar-refractivity contribution in [2.45, 2.75) is 31.2 Å². The number of benzene rings is 1. The highest BCUT2D eigenvalue weighted by Gasteiger charge is 2.12. The first-order valence-electron chi connectivity index (χ1n) is 6.02. The molecule has 0 amide bonds. The van der Waals surface area contributed by atoms with Gasteiger partial charge < -0.3 is 5.73 Å². The number of hydrogen-bond donors (Lipinski definition) is 1. The van der Waals surface area contributed by atoms with Crippen molar-refractivity contribution in [1.29, 1.82) is 0 Å². The lowest BCUT2D eigenvalue weighted by molar-refractivity contribution is 0.688. The molecule has 1 aromatic heterocycles. The number of nitrogens with zero attached hydrogens (tertiary/aromatic N) is 2. The largest absolute Gasteiger partial charge is 0.326 e. The van der Waals surface area contributed by atoms with Crippen LogP contribution in [0.5, 0.6) is 0 Å². The molecule has 2 aromatic rings. The molecular weight excluding hydrogens is 242 g/mol. The van der Waals surface area contributed by atoms with Gasteiger partial charge in [0.05, 0.1) is 10.7 Å². The molecule has 0 aliphatic heterocycles. The van der Waals surface area contributed by atoms with Crippen molar-refractivity contribution in [3.05, 3.63) is 46.6 Å². The zero-order valence-corrected chi connectivity index (χ0v) is 11.9. The van der Waals surface area contributed by atoms with E-state index in [4.69, 9.17) is 5.73 Å². The number of rotatable bonds is 4. The van der Waals surface area contributed by atoms with Gasteiger partial charge in [-0.3, -0.25) is 4.68 Å². The van der Waals surface area contributed by atoms with Gasteiger partial charge in [0.25, 0.3) is 0 Å². The number of nitrogens with two attached hydrogens (primary N) is 1. The third-order valence-corrected chi connectivity index (χ3v) is 4.21. The number of aromatic nitrogens is 2. The van der Waals surface area contributed by atoms with Gasteiger partial charge in [-0.25, -0.2) is 0 Å². The molecule has 0 radical (unpaired) electrons. The average Bonchev–Trinajstić information content (AvgIpc) is 2.60. The summed E-state index contributed by atoms with van der Waals surface area (Å²) < 4.78 is 1.93. The van der Waals surface area contributed by atoms with Crippen LogP contribution in [-0.4, -0.2) is 9.78 Å². The van der Waals surface area contributed by atoms with Crippen molar-refractivity contribution < 1.29 is 0 Å². The maximum Gasteiger partial charge on any atom is 0.0987 e. The van der Waals surface area contributed by atoms with Crippen LogP contribution < -0.4 is 5.73 Å². The SMILES string of the molecule is Cc1cccc(CSc2c(CN)c(C)nn2C)c1. The average molecular weight is 261 g/mol. The second kappa shape index (κ2) is 5.59. The van der Waals surface area contributed by atoms with Crippen molar-refractivity contribution in [3.8, 4) is 0 Å². The Labute approximate surface area is 112 Å². The Hall–Kier alpha value is -1.26. The minimum atomic E-state index is 0.551. The Kier molecular flexibility index (Phi) is 4.09. The molecule has 2 N–H and O–H groups in total. The maximum atomic E-state index is 5.79. The first kappa shape index (κ1) is 13.2. The van der Waals surface area contributed by atoms with Gasteiger partial charge in [-0.2, -0.15) is 5.10 Å². The molecule has 4 heteroatoms. The summed E-state index contributed by atoms with van der Waals surface area (Å²) in [4.78, 5) is 0. The normalized spacial score (nSPS) is 10.9. The fourth-order valence-electron chi connectivity index (χ4n) is 2.05. The van der Waals surface area contributed by atoms with Crippen LogP contribution in [0.1, 0.15) is 22.4 Å². The summed E-state index contributed by atoms with van der Waals surface area (Å²) in [5.41, 5.74) is 10.6. The van der Waals surface area contributed by atoms with E-state index in [0.29, 0.717) is 6.54 Å². The van der Waals surface area contributed by atoms with Crippen LogP contribution in [0, 0.1) is 13.8 Å². The van der Waals surface area contributed by atoms with E-state index in [1.54, 1.807) is 11.8 Å². The van der Waals surface area contributed by atoms with E-state index < -0.39 is 0 Å². The van der Waals surface area contributed by atoms with Gasteiger partial charge >= 0.3 is 0 Å². The number of thioether (sulfide) groups is 1. The molecule has 0 fully saturated rings. The fourth-order valence-corrected chi connectivity index (χ4v) is 3.17. The van der Waals surface area contributed by atoms with Gasteiger partial charge in [0.2, 0.25) is 0 Å². The lowest BCUT2D eigenvalue weighted by Crippen LogP contribution is -2.00. The Morgan fingerprint density at radius 3 is 2.78 bits per heavy atom. The van der Waals surface area contributed by atoms with Crippen LogP contribution >= 0.6 is 11.8 Å². The van der Waals surface area contributed by atoms with Gasteiger partial charge in [-0.1, -0.05) is 29.8 Å². The second-order valence-electron chi connectivity index (χ2n) is 4.47. The standard InChI is InChI=1S/C14H19N3S/c1-10-5-4-6-12(7-10)9-18-14-13(8-15)11(2)16-17(14)3/h4-7H,8-9,15H2,1-3H3. The van der Waals surface area contributed by atoms with Crippen LogP contribution in [0.3, 0.4) is 0 Å². The highest BCUT2D eigenvalue weighted by Crippen LogP contribution is 2.27. The van der Waals surface area contributed by atoms with Gasteiger partial charge in [0.1, 0.15) is 0 Å². The summed E-state index contributed by atoms with van der Waals surface area (Å²) in [6, 6.07) is 8.60. The molecular formula is C14H19N3S. The molecule has 0 aliphatic carbocycles. The summed E-state index contributed by atoms with van der Waals surface area (Å²) >= 11 is 1.80. The number of aryl methyl sites for hydroxylation is 3. The van der Waals surface area contributed by atoms with Crippen LogP contribution in [0.25, 0.3) is 0 Å². The number of hydrogen-bond acceptors (Lipinski definition) is 3. The molecule has 0 unspecified atom stereocenters. The lowest BCUT2D eigenvalue weighted by Gasteiger charge is -2.05. The molecule has 0 saturated heterocycles. The predicted molar refractivity (Wildman–Crippen MR) is 76.6 cm³/mol. The summed E-state index contributed by atoms with van der Waals surface area (Å²) in [5, 5.41) is 5.60. The first-order chi connectivity index (χ1) is 8.61. The summed E-state index contributed by atoms with van der Waals surface area (Å²) in [7, 11) is 1.98. The molecule has 1 aromatic carbocycles. The quantitative estimate of drug-likeness (QED) is 0.861. The zero-order chi connectivity index (χ0) is 13.1. The Balaban J connectivity index is 2.15. The van der Waals surface area contributed by atoms with Gasteiger partial charge in [0, 0.05) is 24.9 Å². The molecule has 2 rings (SSSR count). The topological polar surface area (TPSA) is 43.8 Å². The molecule has 0 atom stereocenters.